The number of imidazole rings is 1. The van der Waals surface area contributed by atoms with Crippen molar-refractivity contribution in [3.05, 3.63) is 40.9 Å². The van der Waals surface area contributed by atoms with Crippen LogP contribution in [0.1, 0.15) is 12.8 Å². The number of fused-ring (bicyclic) bond motifs is 1. The second kappa shape index (κ2) is 6.21. The molecule has 0 spiro atoms. The summed E-state index contributed by atoms with van der Waals surface area (Å²) in [5, 5.41) is 3.42. The first kappa shape index (κ1) is 15.6. The second-order valence-corrected chi connectivity index (χ2v) is 6.07. The average molecular weight is 340 g/mol. The molecule has 2 N–H and O–H groups in total. The standard InChI is InChI=1S/C17H20N6O2/c1-22(14-8-5-9-18-14)16-19-10-11-15(21-16)23(17(24)20-11)12-6-3-4-7-13(12)25-2/h3-4,6-7,10,14,18H,5,8-9H2,1-2H3,(H,20,24). The van der Waals surface area contributed by atoms with Crippen LogP contribution in [-0.2, 0) is 0 Å². The predicted octanol–water partition coefficient (Wildman–Crippen LogP) is 1.26. The molecule has 0 saturated carbocycles. The van der Waals surface area contributed by atoms with Gasteiger partial charge in [0.05, 0.1) is 25.2 Å². The molecule has 8 nitrogen and oxygen atoms in total. The number of rotatable bonds is 4. The molecule has 3 aromatic rings. The number of nitrogens with zero attached hydrogens (tertiary/aromatic N) is 4. The number of H-pyrrole nitrogens is 1. The number of ether oxygens (including phenoxy) is 1. The SMILES string of the molecule is COc1ccccc1-n1c(=O)[nH]c2cnc(N(C)C3CCCN3)nc21. The van der Waals surface area contributed by atoms with Crippen LogP contribution in [0.25, 0.3) is 16.9 Å². The molecule has 130 valence electrons. The Hall–Kier alpha value is -2.87. The number of nitrogens with one attached hydrogen (secondary N) is 2. The Balaban J connectivity index is 1.86. The molecule has 1 atom stereocenters. The van der Waals surface area contributed by atoms with Crippen LogP contribution in [-0.4, -0.2) is 46.4 Å². The van der Waals surface area contributed by atoms with Crippen LogP contribution in [0.2, 0.25) is 0 Å². The van der Waals surface area contributed by atoms with Gasteiger partial charge in [0, 0.05) is 7.05 Å². The maximum absolute atomic E-state index is 12.5. The molecule has 3 heterocycles. The zero-order chi connectivity index (χ0) is 17.4. The molecule has 0 radical (unpaired) electrons. The third-order valence-corrected chi connectivity index (χ3v) is 4.56. The number of para-hydroxylation sites is 2. The van der Waals surface area contributed by atoms with Gasteiger partial charge in [-0.1, -0.05) is 12.1 Å². The summed E-state index contributed by atoms with van der Waals surface area (Å²) in [6.07, 6.45) is 4.04. The van der Waals surface area contributed by atoms with Gasteiger partial charge in [0.25, 0.3) is 0 Å². The van der Waals surface area contributed by atoms with Crippen LogP contribution in [0.5, 0.6) is 5.75 Å². The summed E-state index contributed by atoms with van der Waals surface area (Å²) < 4.78 is 6.92. The molecule has 0 aliphatic carbocycles. The van der Waals surface area contributed by atoms with E-state index in [4.69, 9.17) is 4.74 Å². The summed E-state index contributed by atoms with van der Waals surface area (Å²) in [6, 6.07) is 7.37. The highest BCUT2D eigenvalue weighted by Crippen LogP contribution is 2.24. The number of hydrogen-bond donors (Lipinski definition) is 2. The quantitative estimate of drug-likeness (QED) is 0.743. The van der Waals surface area contributed by atoms with Gasteiger partial charge in [0.1, 0.15) is 11.3 Å². The molecule has 0 amide bonds. The Kier molecular flexibility index (Phi) is 3.89. The van der Waals surface area contributed by atoms with Crippen LogP contribution in [0, 0.1) is 0 Å². The van der Waals surface area contributed by atoms with Gasteiger partial charge in [-0.3, -0.25) is 5.32 Å². The molecule has 1 saturated heterocycles. The first-order valence-electron chi connectivity index (χ1n) is 8.26. The molecule has 2 aromatic heterocycles. The number of anilines is 1. The third kappa shape index (κ3) is 2.64. The minimum atomic E-state index is -0.271. The molecule has 1 unspecified atom stereocenters. The normalized spacial score (nSPS) is 17.1. The third-order valence-electron chi connectivity index (χ3n) is 4.56. The molecule has 1 aliphatic heterocycles. The molecule has 0 bridgehead atoms. The summed E-state index contributed by atoms with van der Waals surface area (Å²) in [6.45, 7) is 0.993. The van der Waals surface area contributed by atoms with Gasteiger partial charge in [-0.05, 0) is 31.5 Å². The van der Waals surface area contributed by atoms with Crippen molar-refractivity contribution in [2.45, 2.75) is 19.0 Å². The van der Waals surface area contributed by atoms with Crippen molar-refractivity contribution in [1.29, 1.82) is 0 Å². The van der Waals surface area contributed by atoms with Gasteiger partial charge < -0.3 is 14.6 Å². The number of aromatic nitrogens is 4. The lowest BCUT2D eigenvalue weighted by Gasteiger charge is -2.24. The first-order chi connectivity index (χ1) is 12.2. The Morgan fingerprint density at radius 1 is 1.36 bits per heavy atom. The Morgan fingerprint density at radius 3 is 2.96 bits per heavy atom. The van der Waals surface area contributed by atoms with Crippen molar-refractivity contribution in [2.75, 3.05) is 25.6 Å². The fraction of sp³-hybridized carbons (Fsp3) is 0.353. The van der Waals surface area contributed by atoms with Crippen LogP contribution < -0.4 is 20.6 Å². The van der Waals surface area contributed by atoms with Gasteiger partial charge in [0.2, 0.25) is 5.95 Å². The highest BCUT2D eigenvalue weighted by atomic mass is 16.5. The fourth-order valence-electron chi connectivity index (χ4n) is 3.23. The molecular formula is C17H20N6O2. The molecular weight excluding hydrogens is 320 g/mol. The maximum Gasteiger partial charge on any atom is 0.332 e. The van der Waals surface area contributed by atoms with E-state index in [2.05, 4.69) is 20.3 Å². The van der Waals surface area contributed by atoms with E-state index in [1.807, 2.05) is 36.2 Å². The van der Waals surface area contributed by atoms with E-state index in [0.29, 0.717) is 28.5 Å². The number of hydrogen-bond acceptors (Lipinski definition) is 6. The minimum Gasteiger partial charge on any atom is -0.495 e. The Morgan fingerprint density at radius 2 is 2.20 bits per heavy atom. The van der Waals surface area contributed by atoms with Crippen LogP contribution in [0.4, 0.5) is 5.95 Å². The van der Waals surface area contributed by atoms with Gasteiger partial charge in [0.15, 0.2) is 5.65 Å². The van der Waals surface area contributed by atoms with E-state index in [-0.39, 0.29) is 11.9 Å². The number of methoxy groups -OCH3 is 1. The number of aromatic amines is 1. The Labute approximate surface area is 144 Å². The highest BCUT2D eigenvalue weighted by molar-refractivity contribution is 5.74. The maximum atomic E-state index is 12.5. The summed E-state index contributed by atoms with van der Waals surface area (Å²) in [5.41, 5.74) is 1.50. The van der Waals surface area contributed by atoms with Crippen molar-refractivity contribution in [2.24, 2.45) is 0 Å². The summed E-state index contributed by atoms with van der Waals surface area (Å²) in [5.74, 6) is 1.19. The topological polar surface area (TPSA) is 88.1 Å². The lowest BCUT2D eigenvalue weighted by atomic mass is 10.3. The van der Waals surface area contributed by atoms with E-state index in [0.717, 1.165) is 19.4 Å². The second-order valence-electron chi connectivity index (χ2n) is 6.07. The number of benzene rings is 1. The molecule has 4 rings (SSSR count). The molecule has 8 heteroatoms. The van der Waals surface area contributed by atoms with E-state index < -0.39 is 0 Å². The van der Waals surface area contributed by atoms with Crippen molar-refractivity contribution in [3.63, 3.8) is 0 Å². The van der Waals surface area contributed by atoms with Crippen molar-refractivity contribution in [1.82, 2.24) is 24.8 Å². The largest absolute Gasteiger partial charge is 0.495 e. The van der Waals surface area contributed by atoms with Crippen LogP contribution >= 0.6 is 0 Å². The molecule has 25 heavy (non-hydrogen) atoms. The molecule has 1 fully saturated rings. The lowest BCUT2D eigenvalue weighted by molar-refractivity contribution is 0.413. The van der Waals surface area contributed by atoms with E-state index in [9.17, 15) is 4.79 Å². The van der Waals surface area contributed by atoms with E-state index in [1.54, 1.807) is 13.3 Å². The fourth-order valence-corrected chi connectivity index (χ4v) is 3.23. The molecule has 1 aliphatic rings. The monoisotopic (exact) mass is 340 g/mol. The van der Waals surface area contributed by atoms with Gasteiger partial charge >= 0.3 is 5.69 Å². The smallest absolute Gasteiger partial charge is 0.332 e. The summed E-state index contributed by atoms with van der Waals surface area (Å²) >= 11 is 0. The van der Waals surface area contributed by atoms with Crippen LogP contribution in [0.15, 0.2) is 35.3 Å². The highest BCUT2D eigenvalue weighted by Gasteiger charge is 2.22. The zero-order valence-electron chi connectivity index (χ0n) is 14.2. The average Bonchev–Trinajstić information content (AvgIpc) is 3.27. The Bertz CT molecular complexity index is 957. The van der Waals surface area contributed by atoms with Crippen molar-refractivity contribution < 1.29 is 4.74 Å². The van der Waals surface area contributed by atoms with E-state index in [1.165, 1.54) is 4.57 Å². The first-order valence-corrected chi connectivity index (χ1v) is 8.26. The van der Waals surface area contributed by atoms with Crippen LogP contribution in [0.3, 0.4) is 0 Å². The molecule has 1 aromatic carbocycles. The van der Waals surface area contributed by atoms with Gasteiger partial charge in [-0.2, -0.15) is 4.98 Å². The zero-order valence-corrected chi connectivity index (χ0v) is 14.2. The lowest BCUT2D eigenvalue weighted by Crippen LogP contribution is -2.40. The predicted molar refractivity (Wildman–Crippen MR) is 95.5 cm³/mol. The van der Waals surface area contributed by atoms with Crippen molar-refractivity contribution in [3.8, 4) is 11.4 Å². The summed E-state index contributed by atoms with van der Waals surface area (Å²) in [7, 11) is 3.54. The van der Waals surface area contributed by atoms with Gasteiger partial charge in [-0.15, -0.1) is 0 Å². The minimum absolute atomic E-state index is 0.211. The van der Waals surface area contributed by atoms with E-state index >= 15 is 0 Å². The summed E-state index contributed by atoms with van der Waals surface area (Å²) in [4.78, 5) is 26.4. The van der Waals surface area contributed by atoms with Gasteiger partial charge in [-0.25, -0.2) is 14.3 Å². The van der Waals surface area contributed by atoms with Crippen molar-refractivity contribution >= 4 is 17.1 Å².